The van der Waals surface area contributed by atoms with Crippen LogP contribution < -0.4 is 4.74 Å². The standard InChI is InChI=1S/C16H25N3O2.C2HF3O2/c1-13(2)19-11-16(12-19)9-14(4-8-21-16)3-7-20-15-10-17-5-6-18-15;3-2(4,5)1(6)7/h5-6,10,13-14H,3-4,7-9,11-12H2,1-2H3;(H,6,7). The predicted molar refractivity (Wildman–Crippen MR) is 94.0 cm³/mol. The van der Waals surface area contributed by atoms with Crippen molar-refractivity contribution in [1.82, 2.24) is 14.9 Å². The van der Waals surface area contributed by atoms with Crippen LogP contribution in [-0.4, -0.2) is 70.1 Å². The summed E-state index contributed by atoms with van der Waals surface area (Å²) in [5, 5.41) is 7.12. The zero-order valence-corrected chi connectivity index (χ0v) is 16.0. The third-order valence-corrected chi connectivity index (χ3v) is 4.87. The van der Waals surface area contributed by atoms with E-state index in [1.807, 2.05) is 0 Å². The topological polar surface area (TPSA) is 84.8 Å². The Balaban J connectivity index is 0.000000345. The molecule has 2 saturated heterocycles. The monoisotopic (exact) mass is 405 g/mol. The van der Waals surface area contributed by atoms with Gasteiger partial charge in [0.1, 0.15) is 0 Å². The molecule has 0 bridgehead atoms. The fourth-order valence-electron chi connectivity index (χ4n) is 3.35. The van der Waals surface area contributed by atoms with Crippen molar-refractivity contribution in [3.05, 3.63) is 18.6 Å². The molecule has 7 nitrogen and oxygen atoms in total. The Hall–Kier alpha value is -1.94. The number of halogens is 3. The maximum atomic E-state index is 10.6. The van der Waals surface area contributed by atoms with Gasteiger partial charge in [0.15, 0.2) is 0 Å². The summed E-state index contributed by atoms with van der Waals surface area (Å²) in [5.41, 5.74) is 0.125. The van der Waals surface area contributed by atoms with Crippen LogP contribution in [0.3, 0.4) is 0 Å². The molecule has 2 aliphatic rings. The van der Waals surface area contributed by atoms with E-state index in [-0.39, 0.29) is 5.60 Å². The van der Waals surface area contributed by atoms with Crippen molar-refractivity contribution in [3.8, 4) is 5.88 Å². The summed E-state index contributed by atoms with van der Waals surface area (Å²) in [6.07, 6.45) is 3.29. The Morgan fingerprint density at radius 3 is 2.64 bits per heavy atom. The molecule has 0 aliphatic carbocycles. The van der Waals surface area contributed by atoms with Crippen molar-refractivity contribution in [2.75, 3.05) is 26.3 Å². The Kier molecular flexibility index (Phi) is 7.59. The first-order valence-corrected chi connectivity index (χ1v) is 9.18. The molecule has 2 aliphatic heterocycles. The zero-order chi connectivity index (χ0) is 20.8. The van der Waals surface area contributed by atoms with Gasteiger partial charge in [-0.2, -0.15) is 13.2 Å². The Labute approximate surface area is 161 Å². The maximum absolute atomic E-state index is 10.6. The minimum atomic E-state index is -5.08. The molecule has 1 aromatic heterocycles. The van der Waals surface area contributed by atoms with Crippen molar-refractivity contribution < 1.29 is 32.5 Å². The summed E-state index contributed by atoms with van der Waals surface area (Å²) in [6.45, 7) is 8.29. The van der Waals surface area contributed by atoms with Gasteiger partial charge in [-0.1, -0.05) is 0 Å². The van der Waals surface area contributed by atoms with Crippen LogP contribution >= 0.6 is 0 Å². The van der Waals surface area contributed by atoms with Crippen LogP contribution in [-0.2, 0) is 9.53 Å². The molecule has 1 aromatic rings. The molecule has 1 unspecified atom stereocenters. The van der Waals surface area contributed by atoms with Gasteiger partial charge in [-0.3, -0.25) is 9.88 Å². The van der Waals surface area contributed by atoms with Crippen LogP contribution in [0.4, 0.5) is 13.2 Å². The van der Waals surface area contributed by atoms with Crippen LogP contribution in [0.1, 0.15) is 33.1 Å². The van der Waals surface area contributed by atoms with E-state index >= 15 is 0 Å². The first kappa shape index (κ1) is 22.4. The van der Waals surface area contributed by atoms with Crippen molar-refractivity contribution >= 4 is 5.97 Å². The molecule has 28 heavy (non-hydrogen) atoms. The highest BCUT2D eigenvalue weighted by Gasteiger charge is 2.47. The van der Waals surface area contributed by atoms with Crippen molar-refractivity contribution in [2.45, 2.75) is 50.9 Å². The normalized spacial score (nSPS) is 21.6. The van der Waals surface area contributed by atoms with Gasteiger partial charge < -0.3 is 14.6 Å². The highest BCUT2D eigenvalue weighted by molar-refractivity contribution is 5.73. The smallest absolute Gasteiger partial charge is 0.477 e. The summed E-state index contributed by atoms with van der Waals surface area (Å²) in [5.74, 6) is -1.44. The van der Waals surface area contributed by atoms with Gasteiger partial charge in [0.2, 0.25) is 5.88 Å². The molecule has 0 saturated carbocycles. The van der Waals surface area contributed by atoms with E-state index in [9.17, 15) is 13.2 Å². The van der Waals surface area contributed by atoms with Gasteiger partial charge in [0, 0.05) is 38.1 Å². The van der Waals surface area contributed by atoms with Gasteiger partial charge in [0.05, 0.1) is 18.4 Å². The van der Waals surface area contributed by atoms with E-state index in [4.69, 9.17) is 19.4 Å². The van der Waals surface area contributed by atoms with E-state index in [2.05, 4.69) is 28.7 Å². The molecule has 10 heteroatoms. The van der Waals surface area contributed by atoms with E-state index in [1.165, 1.54) is 6.42 Å². The number of likely N-dealkylation sites (tertiary alicyclic amines) is 1. The SMILES string of the molecule is CC(C)N1CC2(CC(CCOc3cnccn3)CCO2)C1.O=C(O)C(F)(F)F. The second kappa shape index (κ2) is 9.51. The highest BCUT2D eigenvalue weighted by atomic mass is 19.4. The summed E-state index contributed by atoms with van der Waals surface area (Å²) in [6, 6.07) is 0.625. The lowest BCUT2D eigenvalue weighted by atomic mass is 9.79. The Morgan fingerprint density at radius 1 is 1.43 bits per heavy atom. The van der Waals surface area contributed by atoms with E-state index in [1.54, 1.807) is 18.6 Å². The summed E-state index contributed by atoms with van der Waals surface area (Å²) >= 11 is 0. The lowest BCUT2D eigenvalue weighted by molar-refractivity contribution is -0.192. The van der Waals surface area contributed by atoms with Crippen LogP contribution in [0, 0.1) is 5.92 Å². The van der Waals surface area contributed by atoms with Crippen LogP contribution in [0.2, 0.25) is 0 Å². The average molecular weight is 405 g/mol. The number of carboxylic acid groups (broad SMARTS) is 1. The summed E-state index contributed by atoms with van der Waals surface area (Å²) in [4.78, 5) is 19.5. The van der Waals surface area contributed by atoms with E-state index in [0.29, 0.717) is 24.4 Å². The summed E-state index contributed by atoms with van der Waals surface area (Å²) in [7, 11) is 0. The van der Waals surface area contributed by atoms with Crippen molar-refractivity contribution in [1.29, 1.82) is 0 Å². The Bertz CT molecular complexity index is 622. The zero-order valence-electron chi connectivity index (χ0n) is 16.0. The average Bonchev–Trinajstić information content (AvgIpc) is 2.60. The number of hydrogen-bond acceptors (Lipinski definition) is 6. The molecule has 158 valence electrons. The second-order valence-corrected chi connectivity index (χ2v) is 7.37. The van der Waals surface area contributed by atoms with Crippen molar-refractivity contribution in [3.63, 3.8) is 0 Å². The van der Waals surface area contributed by atoms with Gasteiger partial charge in [-0.25, -0.2) is 9.78 Å². The number of aromatic nitrogens is 2. The lowest BCUT2D eigenvalue weighted by Gasteiger charge is -2.55. The van der Waals surface area contributed by atoms with Gasteiger partial charge in [-0.05, 0) is 39.0 Å². The largest absolute Gasteiger partial charge is 0.490 e. The molecule has 0 aromatic carbocycles. The quantitative estimate of drug-likeness (QED) is 0.806. The summed E-state index contributed by atoms with van der Waals surface area (Å²) < 4.78 is 43.5. The number of carboxylic acids is 1. The molecule has 0 radical (unpaired) electrons. The molecular weight excluding hydrogens is 379 g/mol. The number of nitrogens with zero attached hydrogens (tertiary/aromatic N) is 3. The first-order valence-electron chi connectivity index (χ1n) is 9.18. The van der Waals surface area contributed by atoms with Crippen LogP contribution in [0.25, 0.3) is 0 Å². The third-order valence-electron chi connectivity index (χ3n) is 4.87. The minimum Gasteiger partial charge on any atom is -0.477 e. The highest BCUT2D eigenvalue weighted by Crippen LogP contribution is 2.38. The number of hydrogen-bond donors (Lipinski definition) is 1. The van der Waals surface area contributed by atoms with E-state index in [0.717, 1.165) is 32.5 Å². The first-order chi connectivity index (χ1) is 13.1. The fraction of sp³-hybridized carbons (Fsp3) is 0.722. The van der Waals surface area contributed by atoms with Crippen LogP contribution in [0.5, 0.6) is 5.88 Å². The number of rotatable bonds is 5. The number of aliphatic carboxylic acids is 1. The number of ether oxygens (including phenoxy) is 2. The van der Waals surface area contributed by atoms with Gasteiger partial charge in [0.25, 0.3) is 0 Å². The minimum absolute atomic E-state index is 0.125. The number of alkyl halides is 3. The molecule has 1 spiro atoms. The molecule has 3 rings (SSSR count). The fourth-order valence-corrected chi connectivity index (χ4v) is 3.35. The molecule has 0 amide bonds. The van der Waals surface area contributed by atoms with Gasteiger partial charge in [-0.15, -0.1) is 0 Å². The predicted octanol–water partition coefficient (Wildman–Crippen LogP) is 2.77. The molecule has 1 atom stereocenters. The van der Waals surface area contributed by atoms with E-state index < -0.39 is 12.1 Å². The van der Waals surface area contributed by atoms with Crippen molar-refractivity contribution in [2.24, 2.45) is 5.92 Å². The third kappa shape index (κ3) is 6.59. The number of carbonyl (C=O) groups is 1. The molecular formula is C18H26F3N3O4. The van der Waals surface area contributed by atoms with Gasteiger partial charge >= 0.3 is 12.1 Å². The maximum Gasteiger partial charge on any atom is 0.490 e. The Morgan fingerprint density at radius 2 is 2.11 bits per heavy atom. The molecule has 1 N–H and O–H groups in total. The lowest BCUT2D eigenvalue weighted by Crippen LogP contribution is -2.66. The van der Waals surface area contributed by atoms with Crippen LogP contribution in [0.15, 0.2) is 18.6 Å². The second-order valence-electron chi connectivity index (χ2n) is 7.37. The molecule has 2 fully saturated rings. The molecule has 3 heterocycles.